The average Bonchev–Trinajstić information content (AvgIpc) is 3.78. The minimum absolute atomic E-state index is 0.0782. The molecule has 9 nitrogen and oxygen atoms in total. The normalized spacial score (nSPS) is 15.7. The molecule has 0 spiro atoms. The van der Waals surface area contributed by atoms with E-state index in [0.29, 0.717) is 36.5 Å². The summed E-state index contributed by atoms with van der Waals surface area (Å²) in [5, 5.41) is 10.6. The zero-order valence-corrected chi connectivity index (χ0v) is 26.0. The van der Waals surface area contributed by atoms with E-state index in [2.05, 4.69) is 11.7 Å². The number of ether oxygens (including phenoxy) is 2. The Balaban J connectivity index is 1.48. The van der Waals surface area contributed by atoms with Gasteiger partial charge in [-0.25, -0.2) is 13.8 Å². The van der Waals surface area contributed by atoms with Crippen molar-refractivity contribution in [2.45, 2.75) is 38.8 Å². The number of fused-ring (bicyclic) bond motifs is 3. The summed E-state index contributed by atoms with van der Waals surface area (Å²) < 4.78 is 45.5. The fourth-order valence-corrected chi connectivity index (χ4v) is 6.82. The van der Waals surface area contributed by atoms with Gasteiger partial charge in [0.1, 0.15) is 29.7 Å². The van der Waals surface area contributed by atoms with Crippen molar-refractivity contribution < 1.29 is 23.0 Å². The van der Waals surface area contributed by atoms with Gasteiger partial charge in [-0.2, -0.15) is 10.2 Å². The quantitative estimate of drug-likeness (QED) is 0.154. The molecule has 4 heterocycles. The van der Waals surface area contributed by atoms with Crippen LogP contribution in [-0.4, -0.2) is 62.2 Å². The number of methoxy groups -OCH3 is 1. The van der Waals surface area contributed by atoms with Gasteiger partial charge in [-0.1, -0.05) is 18.7 Å². The maximum absolute atomic E-state index is 16.1. The van der Waals surface area contributed by atoms with Crippen molar-refractivity contribution in [1.29, 1.82) is 0 Å². The molecule has 1 aliphatic carbocycles. The van der Waals surface area contributed by atoms with E-state index in [1.54, 1.807) is 9.58 Å². The topological polar surface area (TPSA) is 87.3 Å². The first-order valence-corrected chi connectivity index (χ1v) is 15.4. The molecule has 3 aromatic heterocycles. The summed E-state index contributed by atoms with van der Waals surface area (Å²) in [4.78, 5) is 19.6. The molecule has 5 aromatic rings. The van der Waals surface area contributed by atoms with E-state index < -0.39 is 11.6 Å². The fourth-order valence-electron chi connectivity index (χ4n) is 6.82. The number of amides is 1. The van der Waals surface area contributed by atoms with E-state index in [1.807, 2.05) is 49.1 Å². The van der Waals surface area contributed by atoms with Crippen LogP contribution in [0, 0.1) is 11.6 Å². The zero-order valence-electron chi connectivity index (χ0n) is 26.0. The number of aromatic nitrogens is 5. The van der Waals surface area contributed by atoms with Crippen molar-refractivity contribution in [3.8, 4) is 39.5 Å². The van der Waals surface area contributed by atoms with Crippen LogP contribution in [0.3, 0.4) is 0 Å². The van der Waals surface area contributed by atoms with Crippen molar-refractivity contribution >= 4 is 16.8 Å². The third-order valence-electron chi connectivity index (χ3n) is 8.93. The molecule has 0 fully saturated rings. The number of carbonyl (C=O) groups is 1. The van der Waals surface area contributed by atoms with Crippen LogP contribution in [0.25, 0.3) is 44.7 Å². The minimum atomic E-state index is -0.743. The maximum atomic E-state index is 16.1. The molecule has 0 saturated heterocycles. The lowest BCUT2D eigenvalue weighted by atomic mass is 9.90. The Morgan fingerprint density at radius 1 is 1.04 bits per heavy atom. The molecule has 1 aliphatic heterocycles. The van der Waals surface area contributed by atoms with E-state index in [1.165, 1.54) is 19.3 Å². The molecule has 7 rings (SSSR count). The molecule has 11 heteroatoms. The smallest absolute Gasteiger partial charge is 0.246 e. The Hall–Kier alpha value is -4.90. The SMILES string of the molecule is C=CC(=O)N1CCn2nc(-c3nc(-c4ccc5cn(C)nc5c4)c4c(c3-c3c(F)cc(F)cc3OCCOC)CCC4)cc2C1C. The highest BCUT2D eigenvalue weighted by Gasteiger charge is 2.33. The Labute approximate surface area is 265 Å². The predicted octanol–water partition coefficient (Wildman–Crippen LogP) is 6.05. The van der Waals surface area contributed by atoms with Crippen LogP contribution in [0.4, 0.5) is 8.78 Å². The van der Waals surface area contributed by atoms with Gasteiger partial charge in [0.25, 0.3) is 0 Å². The third kappa shape index (κ3) is 5.04. The standard InChI is InChI=1S/C35H34F2N6O3/c1-5-31(44)42-11-12-43-29(20(42)2)18-28(40-43)35-32(33-26(37)16-23(36)17-30(33)46-14-13-45-4)24-7-6-8-25(24)34(38-35)21-9-10-22-19-41(3)39-27(22)15-21/h5,9-10,15-20H,1,6-8,11-14H2,2-4H3. The van der Waals surface area contributed by atoms with Gasteiger partial charge in [0, 0.05) is 55.5 Å². The summed E-state index contributed by atoms with van der Waals surface area (Å²) in [5.41, 5.74) is 6.99. The first kappa shape index (κ1) is 29.8. The first-order valence-electron chi connectivity index (χ1n) is 15.4. The number of halogens is 2. The van der Waals surface area contributed by atoms with Crippen LogP contribution in [0.15, 0.2) is 55.3 Å². The van der Waals surface area contributed by atoms with Gasteiger partial charge in [0.2, 0.25) is 5.91 Å². The van der Waals surface area contributed by atoms with Crippen LogP contribution in [-0.2, 0) is 36.0 Å². The third-order valence-corrected chi connectivity index (χ3v) is 8.93. The molecule has 0 N–H and O–H groups in total. The van der Waals surface area contributed by atoms with Crippen molar-refractivity contribution in [1.82, 2.24) is 29.4 Å². The van der Waals surface area contributed by atoms with Gasteiger partial charge in [-0.15, -0.1) is 0 Å². The predicted molar refractivity (Wildman–Crippen MR) is 170 cm³/mol. The minimum Gasteiger partial charge on any atom is -0.490 e. The highest BCUT2D eigenvalue weighted by Crippen LogP contribution is 2.47. The number of pyridine rings is 1. The molecule has 1 atom stereocenters. The number of hydrogen-bond donors (Lipinski definition) is 0. The molecule has 1 amide bonds. The van der Waals surface area contributed by atoms with Crippen molar-refractivity contribution in [3.05, 3.63) is 83.7 Å². The van der Waals surface area contributed by atoms with Crippen molar-refractivity contribution in [3.63, 3.8) is 0 Å². The van der Waals surface area contributed by atoms with E-state index in [9.17, 15) is 9.18 Å². The lowest BCUT2D eigenvalue weighted by Crippen LogP contribution is -2.40. The average molecular weight is 625 g/mol. The van der Waals surface area contributed by atoms with E-state index in [0.717, 1.165) is 57.9 Å². The summed E-state index contributed by atoms with van der Waals surface area (Å²) in [6, 6.07) is 9.82. The Kier molecular flexibility index (Phi) is 7.64. The molecular weight excluding hydrogens is 590 g/mol. The zero-order chi connectivity index (χ0) is 32.1. The number of aryl methyl sites for hydroxylation is 1. The van der Waals surface area contributed by atoms with Gasteiger partial charge < -0.3 is 14.4 Å². The van der Waals surface area contributed by atoms with E-state index >= 15 is 4.39 Å². The molecule has 46 heavy (non-hydrogen) atoms. The van der Waals surface area contributed by atoms with Gasteiger partial charge >= 0.3 is 0 Å². The fraction of sp³-hybridized carbons (Fsp3) is 0.314. The van der Waals surface area contributed by atoms with Gasteiger partial charge in [0.05, 0.1) is 47.4 Å². The number of benzene rings is 2. The number of nitrogens with zero attached hydrogens (tertiary/aromatic N) is 6. The summed E-state index contributed by atoms with van der Waals surface area (Å²) in [6.07, 6.45) is 5.56. The van der Waals surface area contributed by atoms with Crippen LogP contribution in [0.2, 0.25) is 0 Å². The lowest BCUT2D eigenvalue weighted by molar-refractivity contribution is -0.129. The van der Waals surface area contributed by atoms with Crippen LogP contribution < -0.4 is 4.74 Å². The number of carbonyl (C=O) groups excluding carboxylic acids is 1. The summed E-state index contributed by atoms with van der Waals surface area (Å²) in [5.74, 6) is -1.56. The van der Waals surface area contributed by atoms with Gasteiger partial charge in [-0.3, -0.25) is 14.2 Å². The van der Waals surface area contributed by atoms with Crippen molar-refractivity contribution in [2.75, 3.05) is 26.9 Å². The molecule has 236 valence electrons. The van der Waals surface area contributed by atoms with E-state index in [-0.39, 0.29) is 36.5 Å². The Morgan fingerprint density at radius 2 is 1.87 bits per heavy atom. The maximum Gasteiger partial charge on any atom is 0.246 e. The highest BCUT2D eigenvalue weighted by molar-refractivity contribution is 5.91. The van der Waals surface area contributed by atoms with Gasteiger partial charge in [0.15, 0.2) is 0 Å². The van der Waals surface area contributed by atoms with Crippen LogP contribution in [0.1, 0.15) is 36.2 Å². The number of rotatable bonds is 8. The summed E-state index contributed by atoms with van der Waals surface area (Å²) in [7, 11) is 3.43. The second kappa shape index (κ2) is 11.8. The largest absolute Gasteiger partial charge is 0.490 e. The van der Waals surface area contributed by atoms with Crippen LogP contribution in [0.5, 0.6) is 5.75 Å². The molecule has 2 aromatic carbocycles. The molecule has 2 aliphatic rings. The Bertz CT molecular complexity index is 2020. The van der Waals surface area contributed by atoms with E-state index in [4.69, 9.17) is 19.6 Å². The van der Waals surface area contributed by atoms with Gasteiger partial charge in [-0.05, 0) is 55.5 Å². The summed E-state index contributed by atoms with van der Waals surface area (Å²) in [6.45, 7) is 6.93. The first-order chi connectivity index (χ1) is 22.3. The highest BCUT2D eigenvalue weighted by atomic mass is 19.1. The lowest BCUT2D eigenvalue weighted by Gasteiger charge is -2.33. The molecular formula is C35H34F2N6O3. The molecule has 0 saturated carbocycles. The number of hydrogen-bond acceptors (Lipinski definition) is 6. The van der Waals surface area contributed by atoms with Crippen LogP contribution >= 0.6 is 0 Å². The second-order valence-corrected chi connectivity index (χ2v) is 11.8. The monoisotopic (exact) mass is 624 g/mol. The molecule has 0 radical (unpaired) electrons. The Morgan fingerprint density at radius 3 is 2.67 bits per heavy atom. The summed E-state index contributed by atoms with van der Waals surface area (Å²) >= 11 is 0. The second-order valence-electron chi connectivity index (χ2n) is 11.8. The molecule has 0 bridgehead atoms. The van der Waals surface area contributed by atoms with Crippen molar-refractivity contribution in [2.24, 2.45) is 7.05 Å². The molecule has 1 unspecified atom stereocenters.